The van der Waals surface area contributed by atoms with Crippen molar-refractivity contribution in [3.8, 4) is 0 Å². The first-order chi connectivity index (χ1) is 7.84. The lowest BCUT2D eigenvalue weighted by Gasteiger charge is -2.19. The van der Waals surface area contributed by atoms with Crippen molar-refractivity contribution in [3.05, 3.63) is 29.8 Å². The summed E-state index contributed by atoms with van der Waals surface area (Å²) in [7, 11) is 0. The van der Waals surface area contributed by atoms with Crippen LogP contribution in [0, 0.1) is 0 Å². The van der Waals surface area contributed by atoms with E-state index >= 15 is 0 Å². The van der Waals surface area contributed by atoms with Crippen molar-refractivity contribution in [3.63, 3.8) is 0 Å². The van der Waals surface area contributed by atoms with Gasteiger partial charge < -0.3 is 10.6 Å². The second kappa shape index (κ2) is 5.90. The molecule has 0 saturated carbocycles. The van der Waals surface area contributed by atoms with E-state index in [4.69, 9.17) is 5.73 Å². The summed E-state index contributed by atoms with van der Waals surface area (Å²) >= 11 is 0. The van der Waals surface area contributed by atoms with Gasteiger partial charge in [-0.15, -0.1) is 0 Å². The minimum absolute atomic E-state index is 0.883. The number of benzene rings is 1. The molecule has 16 heavy (non-hydrogen) atoms. The summed E-state index contributed by atoms with van der Waals surface area (Å²) in [6, 6.07) is 8.27. The van der Waals surface area contributed by atoms with Crippen molar-refractivity contribution >= 4 is 5.69 Å². The molecule has 0 radical (unpaired) electrons. The molecular weight excluding hydrogens is 196 g/mol. The normalized spacial score (nSPS) is 18.2. The Labute approximate surface area is 98.4 Å². The van der Waals surface area contributed by atoms with Crippen LogP contribution < -0.4 is 5.73 Å². The summed E-state index contributed by atoms with van der Waals surface area (Å²) in [4.78, 5) is 2.59. The van der Waals surface area contributed by atoms with Crippen molar-refractivity contribution in [2.75, 3.05) is 25.4 Å². The van der Waals surface area contributed by atoms with Gasteiger partial charge >= 0.3 is 0 Å². The van der Waals surface area contributed by atoms with E-state index in [1.165, 1.54) is 50.9 Å². The summed E-state index contributed by atoms with van der Waals surface area (Å²) < 4.78 is 0. The average Bonchev–Trinajstić information content (AvgIpc) is 2.55. The quantitative estimate of drug-likeness (QED) is 0.790. The Hall–Kier alpha value is -1.02. The topological polar surface area (TPSA) is 29.3 Å². The van der Waals surface area contributed by atoms with Gasteiger partial charge in [-0.25, -0.2) is 0 Å². The SMILES string of the molecule is Nc1cccc(CCN2CCCCCC2)c1. The zero-order valence-electron chi connectivity index (χ0n) is 9.99. The summed E-state index contributed by atoms with van der Waals surface area (Å²) in [5.74, 6) is 0. The minimum Gasteiger partial charge on any atom is -0.399 e. The lowest BCUT2D eigenvalue weighted by molar-refractivity contribution is 0.289. The molecule has 0 spiro atoms. The fourth-order valence-corrected chi connectivity index (χ4v) is 2.40. The van der Waals surface area contributed by atoms with E-state index < -0.39 is 0 Å². The highest BCUT2D eigenvalue weighted by Crippen LogP contribution is 2.12. The van der Waals surface area contributed by atoms with Crippen LogP contribution in [0.3, 0.4) is 0 Å². The van der Waals surface area contributed by atoms with Crippen LogP contribution in [0.25, 0.3) is 0 Å². The molecule has 0 amide bonds. The van der Waals surface area contributed by atoms with Crippen LogP contribution >= 0.6 is 0 Å². The predicted molar refractivity (Wildman–Crippen MR) is 69.5 cm³/mol. The summed E-state index contributed by atoms with van der Waals surface area (Å²) in [5, 5.41) is 0. The molecule has 1 aromatic carbocycles. The first-order valence-electron chi connectivity index (χ1n) is 6.41. The first kappa shape index (κ1) is 11.5. The molecule has 1 aliphatic heterocycles. The number of nitrogens with zero attached hydrogens (tertiary/aromatic N) is 1. The van der Waals surface area contributed by atoms with Crippen LogP contribution in [-0.2, 0) is 6.42 Å². The molecular formula is C14H22N2. The van der Waals surface area contributed by atoms with Gasteiger partial charge in [-0.1, -0.05) is 25.0 Å². The van der Waals surface area contributed by atoms with Crippen LogP contribution in [0.1, 0.15) is 31.2 Å². The van der Waals surface area contributed by atoms with Gasteiger partial charge in [-0.3, -0.25) is 0 Å². The lowest BCUT2D eigenvalue weighted by Crippen LogP contribution is -2.26. The zero-order chi connectivity index (χ0) is 11.2. The molecule has 1 saturated heterocycles. The summed E-state index contributed by atoms with van der Waals surface area (Å²) in [6.07, 6.45) is 6.70. The Morgan fingerprint density at radius 1 is 1.06 bits per heavy atom. The molecule has 2 heteroatoms. The Morgan fingerprint density at radius 3 is 2.50 bits per heavy atom. The van der Waals surface area contributed by atoms with E-state index in [2.05, 4.69) is 17.0 Å². The van der Waals surface area contributed by atoms with Crippen LogP contribution in [0.2, 0.25) is 0 Å². The van der Waals surface area contributed by atoms with E-state index in [0.29, 0.717) is 0 Å². The number of hydrogen-bond acceptors (Lipinski definition) is 2. The Balaban J connectivity index is 1.81. The first-order valence-corrected chi connectivity index (χ1v) is 6.41. The Bertz CT molecular complexity index is 314. The Morgan fingerprint density at radius 2 is 1.81 bits per heavy atom. The second-order valence-electron chi connectivity index (χ2n) is 4.75. The van der Waals surface area contributed by atoms with Crippen LogP contribution in [-0.4, -0.2) is 24.5 Å². The van der Waals surface area contributed by atoms with E-state index in [-0.39, 0.29) is 0 Å². The molecule has 0 unspecified atom stereocenters. The number of anilines is 1. The van der Waals surface area contributed by atoms with Gasteiger partial charge in [0.25, 0.3) is 0 Å². The molecule has 1 heterocycles. The monoisotopic (exact) mass is 218 g/mol. The summed E-state index contributed by atoms with van der Waals surface area (Å²) in [5.41, 5.74) is 8.03. The third kappa shape index (κ3) is 3.53. The molecule has 2 N–H and O–H groups in total. The third-order valence-electron chi connectivity index (χ3n) is 3.37. The highest BCUT2D eigenvalue weighted by atomic mass is 15.1. The predicted octanol–water partition coefficient (Wildman–Crippen LogP) is 2.69. The molecule has 88 valence electrons. The molecule has 2 nitrogen and oxygen atoms in total. The lowest BCUT2D eigenvalue weighted by atomic mass is 10.1. The van der Waals surface area contributed by atoms with Crippen molar-refractivity contribution in [2.45, 2.75) is 32.1 Å². The largest absolute Gasteiger partial charge is 0.399 e. The summed E-state index contributed by atoms with van der Waals surface area (Å²) in [6.45, 7) is 3.74. The fourth-order valence-electron chi connectivity index (χ4n) is 2.40. The maximum absolute atomic E-state index is 5.78. The molecule has 1 aliphatic rings. The minimum atomic E-state index is 0.883. The molecule has 1 fully saturated rings. The van der Waals surface area contributed by atoms with Gasteiger partial charge in [-0.05, 0) is 50.0 Å². The van der Waals surface area contributed by atoms with Crippen molar-refractivity contribution in [2.24, 2.45) is 0 Å². The van der Waals surface area contributed by atoms with Gasteiger partial charge in [0.1, 0.15) is 0 Å². The smallest absolute Gasteiger partial charge is 0.0316 e. The van der Waals surface area contributed by atoms with Crippen molar-refractivity contribution < 1.29 is 0 Å². The zero-order valence-corrected chi connectivity index (χ0v) is 9.99. The van der Waals surface area contributed by atoms with Crippen LogP contribution in [0.4, 0.5) is 5.69 Å². The molecule has 0 aliphatic carbocycles. The number of hydrogen-bond donors (Lipinski definition) is 1. The van der Waals surface area contributed by atoms with Crippen LogP contribution in [0.15, 0.2) is 24.3 Å². The molecule has 2 rings (SSSR count). The number of nitrogen functional groups attached to an aromatic ring is 1. The fraction of sp³-hybridized carbons (Fsp3) is 0.571. The number of rotatable bonds is 3. The Kier molecular flexibility index (Phi) is 4.23. The van der Waals surface area contributed by atoms with Gasteiger partial charge in [0.2, 0.25) is 0 Å². The van der Waals surface area contributed by atoms with Crippen molar-refractivity contribution in [1.29, 1.82) is 0 Å². The third-order valence-corrected chi connectivity index (χ3v) is 3.37. The van der Waals surface area contributed by atoms with Gasteiger partial charge in [0.05, 0.1) is 0 Å². The maximum atomic E-state index is 5.78. The van der Waals surface area contributed by atoms with E-state index in [9.17, 15) is 0 Å². The standard InChI is InChI=1S/C14H22N2/c15-14-7-5-6-13(12-14)8-11-16-9-3-1-2-4-10-16/h5-7,12H,1-4,8-11,15H2. The number of likely N-dealkylation sites (tertiary alicyclic amines) is 1. The highest BCUT2D eigenvalue weighted by Gasteiger charge is 2.08. The van der Waals surface area contributed by atoms with Gasteiger partial charge in [-0.2, -0.15) is 0 Å². The van der Waals surface area contributed by atoms with E-state index in [1.807, 2.05) is 12.1 Å². The number of nitrogens with two attached hydrogens (primary N) is 1. The average molecular weight is 218 g/mol. The second-order valence-corrected chi connectivity index (χ2v) is 4.75. The molecule has 0 aromatic heterocycles. The van der Waals surface area contributed by atoms with Crippen molar-refractivity contribution in [1.82, 2.24) is 4.90 Å². The maximum Gasteiger partial charge on any atom is 0.0316 e. The molecule has 0 atom stereocenters. The van der Waals surface area contributed by atoms with Crippen LogP contribution in [0.5, 0.6) is 0 Å². The van der Waals surface area contributed by atoms with Gasteiger partial charge in [0.15, 0.2) is 0 Å². The van der Waals surface area contributed by atoms with Gasteiger partial charge in [0, 0.05) is 12.2 Å². The molecule has 0 bridgehead atoms. The highest BCUT2D eigenvalue weighted by molar-refractivity contribution is 5.40. The van der Waals surface area contributed by atoms with E-state index in [1.54, 1.807) is 0 Å². The van der Waals surface area contributed by atoms with E-state index in [0.717, 1.165) is 12.1 Å². The molecule has 1 aromatic rings.